The fourth-order valence-electron chi connectivity index (χ4n) is 5.21. The van der Waals surface area contributed by atoms with Crippen molar-refractivity contribution in [2.24, 2.45) is 11.3 Å². The Morgan fingerprint density at radius 2 is 2.10 bits per heavy atom. The van der Waals surface area contributed by atoms with Gasteiger partial charge in [0.1, 0.15) is 5.78 Å². The largest absolute Gasteiger partial charge is 0.299 e. The number of fused-ring (bicyclic) bond motifs is 1. The van der Waals surface area contributed by atoms with E-state index < -0.39 is 0 Å². The van der Waals surface area contributed by atoms with Crippen molar-refractivity contribution >= 4 is 16.8 Å². The second-order valence-electron chi connectivity index (χ2n) is 9.68. The molecule has 3 aromatic rings. The average Bonchev–Trinajstić information content (AvgIpc) is 3.70. The highest BCUT2D eigenvalue weighted by Crippen LogP contribution is 2.64. The number of pyridine rings is 2. The second kappa shape index (κ2) is 7.54. The lowest BCUT2D eigenvalue weighted by Crippen LogP contribution is -2.24. The van der Waals surface area contributed by atoms with E-state index in [1.807, 2.05) is 6.20 Å². The minimum atomic E-state index is -0.171. The summed E-state index contributed by atoms with van der Waals surface area (Å²) in [6, 6.07) is 6.98. The molecule has 2 saturated carbocycles. The lowest BCUT2D eigenvalue weighted by Gasteiger charge is -2.20. The molecule has 3 aromatic heterocycles. The van der Waals surface area contributed by atoms with Crippen molar-refractivity contribution in [1.29, 1.82) is 0 Å². The summed E-state index contributed by atoms with van der Waals surface area (Å²) in [6.45, 7) is 8.46. The molecule has 3 heterocycles. The fourth-order valence-corrected chi connectivity index (χ4v) is 5.21. The topological polar surface area (TPSA) is 60.7 Å². The maximum atomic E-state index is 13.2. The Hall–Kier alpha value is -2.56. The Morgan fingerprint density at radius 3 is 2.77 bits per heavy atom. The molecule has 2 fully saturated rings. The van der Waals surface area contributed by atoms with Crippen LogP contribution in [-0.2, 0) is 4.79 Å². The van der Waals surface area contributed by atoms with Crippen molar-refractivity contribution in [2.75, 3.05) is 0 Å². The third-order valence-electron chi connectivity index (χ3n) is 7.42. The lowest BCUT2D eigenvalue weighted by atomic mass is 9.83. The van der Waals surface area contributed by atoms with E-state index in [9.17, 15) is 4.79 Å². The van der Waals surface area contributed by atoms with Gasteiger partial charge in [0.05, 0.1) is 11.7 Å². The summed E-state index contributed by atoms with van der Waals surface area (Å²) in [6.07, 6.45) is 10.3. The van der Waals surface area contributed by atoms with Crippen molar-refractivity contribution in [3.8, 4) is 11.3 Å². The van der Waals surface area contributed by atoms with Crippen molar-refractivity contribution in [2.45, 2.75) is 78.2 Å². The molecule has 0 bridgehead atoms. The van der Waals surface area contributed by atoms with E-state index >= 15 is 0 Å². The first-order valence-electron chi connectivity index (χ1n) is 11.8. The number of Topliss-reactive ketones (excluding diaryl/α,β-unsaturated/α-hetero) is 1. The van der Waals surface area contributed by atoms with E-state index in [1.165, 1.54) is 18.4 Å². The number of ketones is 1. The van der Waals surface area contributed by atoms with Crippen LogP contribution in [-0.4, -0.2) is 25.5 Å². The molecule has 0 aliphatic heterocycles. The second-order valence-corrected chi connectivity index (χ2v) is 9.68. The zero-order valence-electron chi connectivity index (χ0n) is 19.1. The van der Waals surface area contributed by atoms with Gasteiger partial charge in [-0.15, -0.1) is 0 Å². The Bertz CT molecular complexity index is 1150. The molecule has 3 atom stereocenters. The smallest absolute Gasteiger partial charge is 0.181 e. The molecule has 3 unspecified atom stereocenters. The minimum Gasteiger partial charge on any atom is -0.299 e. The molecule has 0 N–H and O–H groups in total. The molecule has 5 nitrogen and oxygen atoms in total. The minimum absolute atomic E-state index is 0.137. The summed E-state index contributed by atoms with van der Waals surface area (Å²) >= 11 is 0. The molecule has 0 spiro atoms. The molecule has 162 valence electrons. The van der Waals surface area contributed by atoms with Gasteiger partial charge in [-0.1, -0.05) is 33.3 Å². The molecule has 2 aliphatic carbocycles. The first-order chi connectivity index (χ1) is 15.0. The summed E-state index contributed by atoms with van der Waals surface area (Å²) in [5.74, 6) is 0.902. The fraction of sp³-hybridized carbons (Fsp3) is 0.538. The van der Waals surface area contributed by atoms with Crippen LogP contribution in [0.5, 0.6) is 0 Å². The summed E-state index contributed by atoms with van der Waals surface area (Å²) in [5.41, 5.74) is 4.86. The number of nitrogens with zero attached hydrogens (tertiary/aromatic N) is 4. The Kier molecular flexibility index (Phi) is 4.95. The van der Waals surface area contributed by atoms with Gasteiger partial charge in [0, 0.05) is 40.4 Å². The molecule has 5 heteroatoms. The van der Waals surface area contributed by atoms with Gasteiger partial charge in [-0.3, -0.25) is 14.5 Å². The van der Waals surface area contributed by atoms with Crippen molar-refractivity contribution < 1.29 is 4.79 Å². The van der Waals surface area contributed by atoms with Crippen molar-refractivity contribution in [3.63, 3.8) is 0 Å². The van der Waals surface area contributed by atoms with Crippen LogP contribution in [0.15, 0.2) is 30.6 Å². The van der Waals surface area contributed by atoms with Gasteiger partial charge >= 0.3 is 0 Å². The zero-order valence-corrected chi connectivity index (χ0v) is 19.1. The van der Waals surface area contributed by atoms with E-state index in [0.29, 0.717) is 17.7 Å². The van der Waals surface area contributed by atoms with Crippen LogP contribution in [0.3, 0.4) is 0 Å². The van der Waals surface area contributed by atoms with Crippen LogP contribution in [0.1, 0.15) is 82.5 Å². The van der Waals surface area contributed by atoms with Crippen LogP contribution >= 0.6 is 0 Å². The number of carbonyl (C=O) groups excluding carboxylic acids is 1. The SMILES string of the molecule is CCCC1(C(=O)C(C)CC)CC1c1ccc(-c2cnc3nn(C4CC4)cc3c2)nc1C. The van der Waals surface area contributed by atoms with Crippen LogP contribution in [0.25, 0.3) is 22.3 Å². The molecular formula is C26H32N4O. The van der Waals surface area contributed by atoms with Gasteiger partial charge in [0.2, 0.25) is 0 Å². The number of hydrogen-bond acceptors (Lipinski definition) is 4. The van der Waals surface area contributed by atoms with Crippen LogP contribution in [0.4, 0.5) is 0 Å². The van der Waals surface area contributed by atoms with Gasteiger partial charge in [0.15, 0.2) is 5.65 Å². The molecule has 31 heavy (non-hydrogen) atoms. The van der Waals surface area contributed by atoms with Gasteiger partial charge in [-0.2, -0.15) is 5.10 Å². The molecule has 0 saturated heterocycles. The maximum Gasteiger partial charge on any atom is 0.181 e. The number of carbonyl (C=O) groups is 1. The number of hydrogen-bond donors (Lipinski definition) is 0. The molecule has 0 aromatic carbocycles. The first-order valence-corrected chi connectivity index (χ1v) is 11.8. The summed E-state index contributed by atoms with van der Waals surface area (Å²) in [7, 11) is 0. The average molecular weight is 417 g/mol. The zero-order chi connectivity index (χ0) is 21.8. The van der Waals surface area contributed by atoms with Gasteiger partial charge in [-0.25, -0.2) is 4.98 Å². The van der Waals surface area contributed by atoms with Crippen LogP contribution in [0.2, 0.25) is 0 Å². The molecule has 0 amide bonds. The normalized spacial score (nSPS) is 23.8. The van der Waals surface area contributed by atoms with E-state index in [1.54, 1.807) is 0 Å². The Morgan fingerprint density at radius 1 is 1.29 bits per heavy atom. The lowest BCUT2D eigenvalue weighted by molar-refractivity contribution is -0.128. The molecule has 0 radical (unpaired) electrons. The highest BCUT2D eigenvalue weighted by Gasteiger charge is 2.60. The number of aryl methyl sites for hydroxylation is 1. The highest BCUT2D eigenvalue weighted by molar-refractivity contribution is 5.91. The molecular weight excluding hydrogens is 384 g/mol. The van der Waals surface area contributed by atoms with E-state index in [0.717, 1.165) is 53.7 Å². The Labute approximate surface area is 184 Å². The predicted octanol–water partition coefficient (Wildman–Crippen LogP) is 6.03. The van der Waals surface area contributed by atoms with Crippen LogP contribution in [0, 0.1) is 18.3 Å². The summed E-state index contributed by atoms with van der Waals surface area (Å²) < 4.78 is 2.05. The third kappa shape index (κ3) is 3.48. The third-order valence-corrected chi connectivity index (χ3v) is 7.42. The molecule has 2 aliphatic rings. The summed E-state index contributed by atoms with van der Waals surface area (Å²) in [5, 5.41) is 5.66. The first kappa shape index (κ1) is 20.3. The van der Waals surface area contributed by atoms with Gasteiger partial charge in [0.25, 0.3) is 0 Å². The van der Waals surface area contributed by atoms with E-state index in [4.69, 9.17) is 4.98 Å². The van der Waals surface area contributed by atoms with Crippen molar-refractivity contribution in [1.82, 2.24) is 19.7 Å². The summed E-state index contributed by atoms with van der Waals surface area (Å²) in [4.78, 5) is 22.7. The van der Waals surface area contributed by atoms with Gasteiger partial charge < -0.3 is 0 Å². The maximum absolute atomic E-state index is 13.2. The monoisotopic (exact) mass is 416 g/mol. The standard InChI is InChI=1S/C26H32N4O/c1-5-11-26(24(31)16(3)6-2)13-22(26)21-9-10-23(28-17(21)4)18-12-19-15-30(20-7-8-20)29-25(19)27-14-18/h9-10,12,14-16,20,22H,5-8,11,13H2,1-4H3. The van der Waals surface area contributed by atoms with Crippen LogP contribution < -0.4 is 0 Å². The van der Waals surface area contributed by atoms with Crippen molar-refractivity contribution in [3.05, 3.63) is 41.9 Å². The Balaban J connectivity index is 1.42. The van der Waals surface area contributed by atoms with E-state index in [-0.39, 0.29) is 11.3 Å². The number of aromatic nitrogens is 4. The quantitative estimate of drug-likeness (QED) is 0.450. The van der Waals surface area contributed by atoms with E-state index in [2.05, 4.69) is 66.9 Å². The highest BCUT2D eigenvalue weighted by atomic mass is 16.1. The molecule has 5 rings (SSSR count). The number of rotatable bonds is 8. The predicted molar refractivity (Wildman–Crippen MR) is 123 cm³/mol. The van der Waals surface area contributed by atoms with Gasteiger partial charge in [-0.05, 0) is 62.6 Å².